The van der Waals surface area contributed by atoms with Crippen LogP contribution in [0.25, 0.3) is 0 Å². The highest BCUT2D eigenvalue weighted by Crippen LogP contribution is 2.39. The van der Waals surface area contributed by atoms with Gasteiger partial charge in [0.15, 0.2) is 6.61 Å². The van der Waals surface area contributed by atoms with Gasteiger partial charge in [0.1, 0.15) is 10.8 Å². The standard InChI is InChI=1S/C22H28N2O3S/c1-12(2)16-8-6-15(10-14(16)4)27-11-19(25)24-22-20(21(23)26)17-7-5-13(3)9-18(17)28-22/h6,8,10,12-13H,5,7,9,11H2,1-4H3,(H2,23,26)(H,24,25). The Morgan fingerprint density at radius 3 is 2.75 bits per heavy atom. The molecule has 1 atom stereocenters. The van der Waals surface area contributed by atoms with Crippen LogP contribution in [0.15, 0.2) is 18.2 Å². The third kappa shape index (κ3) is 4.38. The Labute approximate surface area is 170 Å². The molecule has 0 saturated carbocycles. The number of nitrogens with two attached hydrogens (primary N) is 1. The predicted octanol–water partition coefficient (Wildman–Crippen LogP) is 4.42. The second-order valence-corrected chi connectivity index (χ2v) is 9.04. The van der Waals surface area contributed by atoms with Crippen LogP contribution in [0.5, 0.6) is 5.75 Å². The molecular formula is C22H28N2O3S. The van der Waals surface area contributed by atoms with E-state index in [0.717, 1.165) is 35.3 Å². The first-order valence-corrected chi connectivity index (χ1v) is 10.6. The third-order valence-corrected chi connectivity index (χ3v) is 6.41. The summed E-state index contributed by atoms with van der Waals surface area (Å²) in [6.07, 6.45) is 2.79. The molecule has 0 aliphatic heterocycles. The number of hydrogen-bond acceptors (Lipinski definition) is 4. The van der Waals surface area contributed by atoms with Crippen molar-refractivity contribution in [3.8, 4) is 5.75 Å². The molecule has 1 aliphatic carbocycles. The van der Waals surface area contributed by atoms with Crippen LogP contribution in [0.2, 0.25) is 0 Å². The minimum Gasteiger partial charge on any atom is -0.484 e. The lowest BCUT2D eigenvalue weighted by molar-refractivity contribution is -0.118. The fraction of sp³-hybridized carbons (Fsp3) is 0.455. The second-order valence-electron chi connectivity index (χ2n) is 7.93. The van der Waals surface area contributed by atoms with Gasteiger partial charge in [0.2, 0.25) is 0 Å². The summed E-state index contributed by atoms with van der Waals surface area (Å²) in [7, 11) is 0. The summed E-state index contributed by atoms with van der Waals surface area (Å²) in [4.78, 5) is 25.5. The number of anilines is 1. The molecule has 0 saturated heterocycles. The van der Waals surface area contributed by atoms with Crippen molar-refractivity contribution < 1.29 is 14.3 Å². The van der Waals surface area contributed by atoms with Crippen molar-refractivity contribution in [1.29, 1.82) is 0 Å². The molecule has 0 bridgehead atoms. The Morgan fingerprint density at radius 1 is 1.36 bits per heavy atom. The maximum absolute atomic E-state index is 12.4. The molecule has 5 nitrogen and oxygen atoms in total. The van der Waals surface area contributed by atoms with Gasteiger partial charge in [-0.15, -0.1) is 11.3 Å². The van der Waals surface area contributed by atoms with E-state index in [-0.39, 0.29) is 12.5 Å². The number of carbonyl (C=O) groups is 2. The number of hydrogen-bond donors (Lipinski definition) is 2. The average Bonchev–Trinajstić information content (AvgIpc) is 2.96. The van der Waals surface area contributed by atoms with E-state index >= 15 is 0 Å². The Morgan fingerprint density at radius 2 is 2.11 bits per heavy atom. The molecule has 1 aliphatic rings. The van der Waals surface area contributed by atoms with Crippen LogP contribution >= 0.6 is 11.3 Å². The van der Waals surface area contributed by atoms with Crippen molar-refractivity contribution in [2.75, 3.05) is 11.9 Å². The third-order valence-electron chi connectivity index (χ3n) is 5.24. The Hall–Kier alpha value is -2.34. The number of thiophene rings is 1. The average molecular weight is 401 g/mol. The van der Waals surface area contributed by atoms with Crippen LogP contribution in [0.1, 0.15) is 65.0 Å². The summed E-state index contributed by atoms with van der Waals surface area (Å²) in [5.41, 5.74) is 9.48. The normalized spacial score (nSPS) is 16.0. The van der Waals surface area contributed by atoms with Crippen molar-refractivity contribution in [2.45, 2.75) is 52.9 Å². The minimum absolute atomic E-state index is 0.113. The first-order valence-electron chi connectivity index (χ1n) is 9.73. The lowest BCUT2D eigenvalue weighted by Crippen LogP contribution is -2.22. The summed E-state index contributed by atoms with van der Waals surface area (Å²) in [5, 5.41) is 3.38. The number of fused-ring (bicyclic) bond motifs is 1. The van der Waals surface area contributed by atoms with E-state index in [0.29, 0.717) is 28.1 Å². The highest BCUT2D eigenvalue weighted by Gasteiger charge is 2.27. The van der Waals surface area contributed by atoms with E-state index in [1.807, 2.05) is 25.1 Å². The number of primary amides is 1. The van der Waals surface area contributed by atoms with Crippen LogP contribution in [-0.4, -0.2) is 18.4 Å². The van der Waals surface area contributed by atoms with E-state index < -0.39 is 5.91 Å². The fourth-order valence-electron chi connectivity index (χ4n) is 3.80. The topological polar surface area (TPSA) is 81.4 Å². The molecule has 1 heterocycles. The molecule has 1 unspecified atom stereocenters. The van der Waals surface area contributed by atoms with Gasteiger partial charge in [-0.05, 0) is 66.8 Å². The summed E-state index contributed by atoms with van der Waals surface area (Å²) in [5.74, 6) is 0.905. The largest absolute Gasteiger partial charge is 0.484 e. The van der Waals surface area contributed by atoms with E-state index in [4.69, 9.17) is 10.5 Å². The number of amides is 2. The highest BCUT2D eigenvalue weighted by atomic mass is 32.1. The number of rotatable bonds is 6. The van der Waals surface area contributed by atoms with Gasteiger partial charge in [-0.2, -0.15) is 0 Å². The van der Waals surface area contributed by atoms with Gasteiger partial charge in [-0.1, -0.05) is 26.8 Å². The molecule has 0 fully saturated rings. The molecule has 150 valence electrons. The van der Waals surface area contributed by atoms with Crippen molar-refractivity contribution in [3.63, 3.8) is 0 Å². The van der Waals surface area contributed by atoms with Crippen molar-refractivity contribution in [1.82, 2.24) is 0 Å². The molecule has 1 aromatic carbocycles. The molecule has 3 N–H and O–H groups in total. The Bertz CT molecular complexity index is 901. The monoisotopic (exact) mass is 400 g/mol. The first-order chi connectivity index (χ1) is 13.3. The number of benzene rings is 1. The van der Waals surface area contributed by atoms with Crippen LogP contribution in [0.4, 0.5) is 5.00 Å². The maximum Gasteiger partial charge on any atom is 0.262 e. The van der Waals surface area contributed by atoms with Crippen molar-refractivity contribution >= 4 is 28.2 Å². The molecule has 0 radical (unpaired) electrons. The summed E-state index contributed by atoms with van der Waals surface area (Å²) < 4.78 is 5.65. The smallest absolute Gasteiger partial charge is 0.262 e. The summed E-state index contributed by atoms with van der Waals surface area (Å²) in [6.45, 7) is 8.42. The van der Waals surface area contributed by atoms with E-state index in [1.54, 1.807) is 0 Å². The van der Waals surface area contributed by atoms with Crippen LogP contribution in [0.3, 0.4) is 0 Å². The number of aryl methyl sites for hydroxylation is 1. The molecule has 3 rings (SSSR count). The molecule has 2 amide bonds. The second kappa shape index (κ2) is 8.35. The van der Waals surface area contributed by atoms with Gasteiger partial charge in [0, 0.05) is 4.88 Å². The summed E-state index contributed by atoms with van der Waals surface area (Å²) >= 11 is 1.46. The number of carbonyl (C=O) groups excluding carboxylic acids is 2. The zero-order valence-corrected chi connectivity index (χ0v) is 17.7. The van der Waals surface area contributed by atoms with Gasteiger partial charge < -0.3 is 15.8 Å². The van der Waals surface area contributed by atoms with Crippen LogP contribution < -0.4 is 15.8 Å². The quantitative estimate of drug-likeness (QED) is 0.753. The van der Waals surface area contributed by atoms with Crippen LogP contribution in [-0.2, 0) is 17.6 Å². The van der Waals surface area contributed by atoms with E-state index in [2.05, 4.69) is 26.1 Å². The lowest BCUT2D eigenvalue weighted by Gasteiger charge is -2.18. The Balaban J connectivity index is 1.68. The first kappa shape index (κ1) is 20.4. The fourth-order valence-corrected chi connectivity index (χ4v) is 5.23. The van der Waals surface area contributed by atoms with E-state index in [1.165, 1.54) is 16.9 Å². The number of ether oxygens (including phenoxy) is 1. The Kier molecular flexibility index (Phi) is 6.08. The molecular weight excluding hydrogens is 372 g/mol. The predicted molar refractivity (Wildman–Crippen MR) is 113 cm³/mol. The lowest BCUT2D eigenvalue weighted by atomic mass is 9.88. The SMILES string of the molecule is Cc1cc(OCC(=O)Nc2sc3c(c2C(N)=O)CCC(C)C3)ccc1C(C)C. The zero-order chi connectivity index (χ0) is 20.4. The molecule has 0 spiro atoms. The van der Waals surface area contributed by atoms with Crippen molar-refractivity contribution in [2.24, 2.45) is 11.7 Å². The van der Waals surface area contributed by atoms with Gasteiger partial charge >= 0.3 is 0 Å². The summed E-state index contributed by atoms with van der Waals surface area (Å²) in [6, 6.07) is 5.87. The van der Waals surface area contributed by atoms with Gasteiger partial charge in [-0.25, -0.2) is 0 Å². The van der Waals surface area contributed by atoms with Gasteiger partial charge in [-0.3, -0.25) is 9.59 Å². The van der Waals surface area contributed by atoms with Gasteiger partial charge in [0.05, 0.1) is 5.56 Å². The van der Waals surface area contributed by atoms with Crippen molar-refractivity contribution in [3.05, 3.63) is 45.3 Å². The maximum atomic E-state index is 12.4. The molecule has 28 heavy (non-hydrogen) atoms. The molecule has 2 aromatic rings. The van der Waals surface area contributed by atoms with Crippen LogP contribution in [0, 0.1) is 12.8 Å². The molecule has 1 aromatic heterocycles. The zero-order valence-electron chi connectivity index (χ0n) is 16.9. The number of nitrogens with one attached hydrogen (secondary N) is 1. The molecule has 6 heteroatoms. The van der Waals surface area contributed by atoms with Gasteiger partial charge in [0.25, 0.3) is 11.8 Å². The highest BCUT2D eigenvalue weighted by molar-refractivity contribution is 7.17. The minimum atomic E-state index is -0.483. The van der Waals surface area contributed by atoms with E-state index in [9.17, 15) is 9.59 Å².